The number of nitrogens with one attached hydrogen (secondary N) is 1. The highest BCUT2D eigenvalue weighted by atomic mass is 32.2. The Morgan fingerprint density at radius 3 is 2.50 bits per heavy atom. The van der Waals surface area contributed by atoms with Crippen LogP contribution in [-0.2, 0) is 11.4 Å². The molecule has 0 saturated heterocycles. The van der Waals surface area contributed by atoms with Crippen LogP contribution in [0.1, 0.15) is 28.1 Å². The standard InChI is InChI=1S/C21H23N3O3S/c1-13-8-9-17(10-16(13)4)22-18(25)12-28-21-24-23-19(27-21)11-26-20-14(2)6-5-7-15(20)3/h5-10H,11-12H2,1-4H3,(H,22,25). The molecule has 1 N–H and O–H groups in total. The van der Waals surface area contributed by atoms with Crippen LogP contribution in [0.3, 0.4) is 0 Å². The van der Waals surface area contributed by atoms with Crippen LogP contribution >= 0.6 is 11.8 Å². The molecular formula is C21H23N3O3S. The van der Waals surface area contributed by atoms with Gasteiger partial charge in [0.25, 0.3) is 11.1 Å². The Labute approximate surface area is 168 Å². The monoisotopic (exact) mass is 397 g/mol. The maximum atomic E-state index is 12.1. The van der Waals surface area contributed by atoms with Gasteiger partial charge in [-0.15, -0.1) is 10.2 Å². The maximum Gasteiger partial charge on any atom is 0.277 e. The second kappa shape index (κ2) is 8.93. The lowest BCUT2D eigenvalue weighted by molar-refractivity contribution is -0.113. The topological polar surface area (TPSA) is 77.2 Å². The van der Waals surface area contributed by atoms with Crippen molar-refractivity contribution in [3.05, 3.63) is 64.5 Å². The van der Waals surface area contributed by atoms with Gasteiger partial charge in [-0.2, -0.15) is 0 Å². The average molecular weight is 398 g/mol. The number of nitrogens with zero attached hydrogens (tertiary/aromatic N) is 2. The number of aromatic nitrogens is 2. The van der Waals surface area contributed by atoms with Gasteiger partial charge >= 0.3 is 0 Å². The van der Waals surface area contributed by atoms with E-state index in [1.54, 1.807) is 0 Å². The lowest BCUT2D eigenvalue weighted by Gasteiger charge is -2.09. The predicted octanol–water partition coefficient (Wildman–Crippen LogP) is 4.61. The summed E-state index contributed by atoms with van der Waals surface area (Å²) >= 11 is 1.20. The van der Waals surface area contributed by atoms with E-state index in [1.807, 2.05) is 64.1 Å². The van der Waals surface area contributed by atoms with Gasteiger partial charge in [-0.1, -0.05) is 36.0 Å². The Morgan fingerprint density at radius 2 is 1.79 bits per heavy atom. The van der Waals surface area contributed by atoms with Crippen molar-refractivity contribution in [3.63, 3.8) is 0 Å². The zero-order chi connectivity index (χ0) is 20.1. The summed E-state index contributed by atoms with van der Waals surface area (Å²) < 4.78 is 11.4. The highest BCUT2D eigenvalue weighted by Gasteiger charge is 2.12. The smallest absolute Gasteiger partial charge is 0.277 e. The van der Waals surface area contributed by atoms with Crippen molar-refractivity contribution in [3.8, 4) is 5.75 Å². The molecule has 0 unspecified atom stereocenters. The number of ether oxygens (including phenoxy) is 1. The second-order valence-electron chi connectivity index (χ2n) is 6.61. The number of benzene rings is 2. The van der Waals surface area contributed by atoms with Crippen LogP contribution in [0.25, 0.3) is 0 Å². The van der Waals surface area contributed by atoms with E-state index in [2.05, 4.69) is 15.5 Å². The Morgan fingerprint density at radius 1 is 1.04 bits per heavy atom. The fourth-order valence-corrected chi connectivity index (χ4v) is 3.24. The van der Waals surface area contributed by atoms with Crippen molar-refractivity contribution < 1.29 is 13.9 Å². The molecule has 7 heteroatoms. The van der Waals surface area contributed by atoms with Gasteiger partial charge < -0.3 is 14.5 Å². The van der Waals surface area contributed by atoms with Gasteiger partial charge in [-0.05, 0) is 62.1 Å². The van der Waals surface area contributed by atoms with Crippen LogP contribution in [0.15, 0.2) is 46.0 Å². The van der Waals surface area contributed by atoms with E-state index in [4.69, 9.17) is 9.15 Å². The summed E-state index contributed by atoms with van der Waals surface area (Å²) in [4.78, 5) is 12.1. The molecule has 3 aromatic rings. The molecule has 0 saturated carbocycles. The number of amides is 1. The minimum absolute atomic E-state index is 0.125. The highest BCUT2D eigenvalue weighted by Crippen LogP contribution is 2.24. The molecule has 2 aromatic carbocycles. The highest BCUT2D eigenvalue weighted by molar-refractivity contribution is 7.99. The van der Waals surface area contributed by atoms with Crippen molar-refractivity contribution in [1.82, 2.24) is 10.2 Å². The Hall–Kier alpha value is -2.80. The number of hydrogen-bond acceptors (Lipinski definition) is 6. The fraction of sp³-hybridized carbons (Fsp3) is 0.286. The molecule has 0 spiro atoms. The van der Waals surface area contributed by atoms with Crippen LogP contribution in [0.4, 0.5) is 5.69 Å². The molecule has 0 fully saturated rings. The number of thioether (sulfide) groups is 1. The van der Waals surface area contributed by atoms with Crippen molar-refractivity contribution in [2.24, 2.45) is 0 Å². The second-order valence-corrected chi connectivity index (χ2v) is 7.53. The Bertz CT molecular complexity index is 965. The molecule has 6 nitrogen and oxygen atoms in total. The summed E-state index contributed by atoms with van der Waals surface area (Å²) in [6.45, 7) is 8.22. The molecule has 3 rings (SSSR count). The van der Waals surface area contributed by atoms with Crippen molar-refractivity contribution in [1.29, 1.82) is 0 Å². The number of carbonyl (C=O) groups excluding carboxylic acids is 1. The summed E-state index contributed by atoms with van der Waals surface area (Å²) in [5.41, 5.74) is 5.21. The summed E-state index contributed by atoms with van der Waals surface area (Å²) in [5, 5.41) is 11.2. The summed E-state index contributed by atoms with van der Waals surface area (Å²) in [6, 6.07) is 11.8. The zero-order valence-corrected chi connectivity index (χ0v) is 17.2. The van der Waals surface area contributed by atoms with E-state index < -0.39 is 0 Å². The third kappa shape index (κ3) is 5.13. The number of aryl methyl sites for hydroxylation is 4. The van der Waals surface area contributed by atoms with Gasteiger partial charge in [0.05, 0.1) is 5.75 Å². The van der Waals surface area contributed by atoms with Gasteiger partial charge in [-0.25, -0.2) is 0 Å². The molecule has 0 bridgehead atoms. The van der Waals surface area contributed by atoms with E-state index in [9.17, 15) is 4.79 Å². The van der Waals surface area contributed by atoms with E-state index in [0.717, 1.165) is 28.1 Å². The molecule has 146 valence electrons. The number of carbonyl (C=O) groups is 1. The fourth-order valence-electron chi connectivity index (χ4n) is 2.66. The normalized spacial score (nSPS) is 10.7. The number of rotatable bonds is 7. The SMILES string of the molecule is Cc1ccc(NC(=O)CSc2nnc(COc3c(C)cccc3C)o2)cc1C. The van der Waals surface area contributed by atoms with Crippen LogP contribution in [0, 0.1) is 27.7 Å². The minimum atomic E-state index is -0.125. The van der Waals surface area contributed by atoms with Crippen molar-refractivity contribution in [2.45, 2.75) is 39.5 Å². The summed E-state index contributed by atoms with van der Waals surface area (Å²) in [7, 11) is 0. The van der Waals surface area contributed by atoms with Gasteiger partial charge in [-0.3, -0.25) is 4.79 Å². The van der Waals surface area contributed by atoms with Crippen LogP contribution < -0.4 is 10.1 Å². The number of para-hydroxylation sites is 1. The van der Waals surface area contributed by atoms with Gasteiger partial charge in [0.2, 0.25) is 5.91 Å². The lowest BCUT2D eigenvalue weighted by atomic mass is 10.1. The molecule has 0 aliphatic carbocycles. The third-order valence-corrected chi connectivity index (χ3v) is 5.13. The first-order chi connectivity index (χ1) is 13.4. The first-order valence-corrected chi connectivity index (χ1v) is 9.92. The molecule has 28 heavy (non-hydrogen) atoms. The largest absolute Gasteiger partial charge is 0.483 e. The van der Waals surface area contributed by atoms with E-state index >= 15 is 0 Å². The Balaban J connectivity index is 1.50. The van der Waals surface area contributed by atoms with Crippen molar-refractivity contribution in [2.75, 3.05) is 11.1 Å². The lowest BCUT2D eigenvalue weighted by Crippen LogP contribution is -2.14. The van der Waals surface area contributed by atoms with E-state index in [1.165, 1.54) is 17.3 Å². The van der Waals surface area contributed by atoms with E-state index in [-0.39, 0.29) is 18.3 Å². The van der Waals surface area contributed by atoms with E-state index in [0.29, 0.717) is 11.1 Å². The average Bonchev–Trinajstić information content (AvgIpc) is 3.11. The molecule has 0 aliphatic heterocycles. The minimum Gasteiger partial charge on any atom is -0.483 e. The first-order valence-electron chi connectivity index (χ1n) is 8.93. The first kappa shape index (κ1) is 19.9. The van der Waals surface area contributed by atoms with Gasteiger partial charge in [0.1, 0.15) is 5.75 Å². The molecule has 0 atom stereocenters. The molecule has 1 aromatic heterocycles. The quantitative estimate of drug-likeness (QED) is 0.587. The van der Waals surface area contributed by atoms with Gasteiger partial charge in [0.15, 0.2) is 6.61 Å². The van der Waals surface area contributed by atoms with Crippen LogP contribution in [0.5, 0.6) is 5.75 Å². The number of anilines is 1. The Kier molecular flexibility index (Phi) is 6.36. The molecule has 1 heterocycles. The van der Waals surface area contributed by atoms with Crippen molar-refractivity contribution >= 4 is 23.4 Å². The van der Waals surface area contributed by atoms with Crippen LogP contribution in [0.2, 0.25) is 0 Å². The molecule has 1 amide bonds. The number of hydrogen-bond donors (Lipinski definition) is 1. The third-order valence-electron chi connectivity index (χ3n) is 4.31. The zero-order valence-electron chi connectivity index (χ0n) is 16.4. The predicted molar refractivity (Wildman–Crippen MR) is 110 cm³/mol. The summed E-state index contributed by atoms with van der Waals surface area (Å²) in [6.07, 6.45) is 0. The molecular weight excluding hydrogens is 374 g/mol. The van der Waals surface area contributed by atoms with Gasteiger partial charge in [0, 0.05) is 5.69 Å². The molecule has 0 radical (unpaired) electrons. The van der Waals surface area contributed by atoms with Crippen LogP contribution in [-0.4, -0.2) is 21.9 Å². The maximum absolute atomic E-state index is 12.1. The molecule has 0 aliphatic rings. The summed E-state index contributed by atoms with van der Waals surface area (Å²) in [5.74, 6) is 1.26.